The molecule has 0 aromatic heterocycles. The highest BCUT2D eigenvalue weighted by molar-refractivity contribution is 5.94. The van der Waals surface area contributed by atoms with Crippen LogP contribution in [0.5, 0.6) is 0 Å². The van der Waals surface area contributed by atoms with Gasteiger partial charge in [0.2, 0.25) is 17.7 Å². The number of hydrogen-bond acceptors (Lipinski definition) is 5. The number of aliphatic carboxylic acids is 1. The molecule has 3 amide bonds. The smallest absolute Gasteiger partial charge is 0.326 e. The lowest BCUT2D eigenvalue weighted by molar-refractivity contribution is -0.143. The average Bonchev–Trinajstić information content (AvgIpc) is 2.66. The van der Waals surface area contributed by atoms with Gasteiger partial charge in [-0.05, 0) is 30.1 Å². The normalized spacial score (nSPS) is 16.4. The van der Waals surface area contributed by atoms with Crippen molar-refractivity contribution >= 4 is 23.7 Å². The van der Waals surface area contributed by atoms with E-state index in [1.165, 1.54) is 0 Å². The van der Waals surface area contributed by atoms with Crippen molar-refractivity contribution < 1.29 is 24.3 Å². The summed E-state index contributed by atoms with van der Waals surface area (Å²) >= 11 is 0. The number of carboxylic acid groups (broad SMARTS) is 1. The summed E-state index contributed by atoms with van der Waals surface area (Å²) in [5, 5.41) is 17.3. The molecular formula is C22H42N4O5. The summed E-state index contributed by atoms with van der Waals surface area (Å²) < 4.78 is 0. The molecule has 0 saturated heterocycles. The molecule has 5 atom stereocenters. The average molecular weight is 443 g/mol. The van der Waals surface area contributed by atoms with Crippen LogP contribution in [0.3, 0.4) is 0 Å². The van der Waals surface area contributed by atoms with Crippen molar-refractivity contribution in [2.24, 2.45) is 29.4 Å². The molecule has 0 aliphatic heterocycles. The summed E-state index contributed by atoms with van der Waals surface area (Å²) in [4.78, 5) is 49.7. The Morgan fingerprint density at radius 1 is 0.774 bits per heavy atom. The highest BCUT2D eigenvalue weighted by atomic mass is 16.4. The first-order valence-electron chi connectivity index (χ1n) is 11.1. The number of carboxylic acids is 1. The van der Waals surface area contributed by atoms with E-state index in [1.54, 1.807) is 27.7 Å². The molecule has 6 N–H and O–H groups in total. The number of hydrogen-bond donors (Lipinski definition) is 5. The number of rotatable bonds is 13. The van der Waals surface area contributed by atoms with E-state index in [4.69, 9.17) is 5.73 Å². The molecule has 0 radical (unpaired) electrons. The van der Waals surface area contributed by atoms with Gasteiger partial charge in [-0.3, -0.25) is 14.4 Å². The van der Waals surface area contributed by atoms with Gasteiger partial charge >= 0.3 is 5.97 Å². The third-order valence-electron chi connectivity index (χ3n) is 5.38. The van der Waals surface area contributed by atoms with Crippen LogP contribution in [0.4, 0.5) is 0 Å². The van der Waals surface area contributed by atoms with E-state index in [0.29, 0.717) is 0 Å². The number of carbonyl (C=O) groups is 4. The molecule has 9 nitrogen and oxygen atoms in total. The van der Waals surface area contributed by atoms with E-state index in [-0.39, 0.29) is 30.1 Å². The van der Waals surface area contributed by atoms with Gasteiger partial charge in [-0.1, -0.05) is 61.8 Å². The Labute approximate surface area is 186 Å². The summed E-state index contributed by atoms with van der Waals surface area (Å²) in [5.41, 5.74) is 5.98. The Kier molecular flexibility index (Phi) is 12.4. The van der Waals surface area contributed by atoms with E-state index < -0.39 is 47.9 Å². The topological polar surface area (TPSA) is 151 Å². The largest absolute Gasteiger partial charge is 0.480 e. The quantitative estimate of drug-likeness (QED) is 0.290. The zero-order valence-electron chi connectivity index (χ0n) is 20.2. The van der Waals surface area contributed by atoms with Gasteiger partial charge in [0.15, 0.2) is 0 Å². The first-order chi connectivity index (χ1) is 14.2. The fourth-order valence-electron chi connectivity index (χ4n) is 3.03. The van der Waals surface area contributed by atoms with Crippen LogP contribution in [0.1, 0.15) is 68.2 Å². The molecule has 180 valence electrons. The Morgan fingerprint density at radius 2 is 1.19 bits per heavy atom. The summed E-state index contributed by atoms with van der Waals surface area (Å²) in [6, 6.07) is -3.60. The molecule has 0 rings (SSSR count). The second-order valence-corrected chi connectivity index (χ2v) is 9.40. The van der Waals surface area contributed by atoms with Gasteiger partial charge in [0, 0.05) is 0 Å². The second-order valence-electron chi connectivity index (χ2n) is 9.40. The predicted molar refractivity (Wildman–Crippen MR) is 120 cm³/mol. The van der Waals surface area contributed by atoms with Gasteiger partial charge < -0.3 is 26.8 Å². The molecule has 0 aromatic carbocycles. The minimum Gasteiger partial charge on any atom is -0.480 e. The number of carbonyl (C=O) groups excluding carboxylic acids is 3. The molecule has 5 unspecified atom stereocenters. The van der Waals surface area contributed by atoms with Crippen molar-refractivity contribution in [1.29, 1.82) is 0 Å². The van der Waals surface area contributed by atoms with Crippen molar-refractivity contribution in [3.8, 4) is 0 Å². The van der Waals surface area contributed by atoms with Gasteiger partial charge in [-0.15, -0.1) is 0 Å². The molecule has 9 heteroatoms. The van der Waals surface area contributed by atoms with Crippen LogP contribution in [0.15, 0.2) is 0 Å². The SMILES string of the molecule is CCC(C)C(N)C(=O)NC(C(=O)NC(C(=O)NC(CC(C)C)C(=O)O)C(C)C)C(C)C. The first-order valence-corrected chi connectivity index (χ1v) is 11.1. The van der Waals surface area contributed by atoms with Crippen LogP contribution in [0, 0.1) is 23.7 Å². The van der Waals surface area contributed by atoms with Crippen LogP contribution in [0.25, 0.3) is 0 Å². The number of nitrogens with one attached hydrogen (secondary N) is 3. The third kappa shape index (κ3) is 9.67. The monoisotopic (exact) mass is 442 g/mol. The van der Waals surface area contributed by atoms with Crippen LogP contribution in [-0.2, 0) is 19.2 Å². The predicted octanol–water partition coefficient (Wildman–Crippen LogP) is 1.26. The maximum absolute atomic E-state index is 12.9. The summed E-state index contributed by atoms with van der Waals surface area (Å²) in [7, 11) is 0. The van der Waals surface area contributed by atoms with Crippen LogP contribution in [0.2, 0.25) is 0 Å². The molecule has 0 spiro atoms. The van der Waals surface area contributed by atoms with Gasteiger partial charge in [-0.25, -0.2) is 4.79 Å². The fourth-order valence-corrected chi connectivity index (χ4v) is 3.03. The van der Waals surface area contributed by atoms with Crippen molar-refractivity contribution in [1.82, 2.24) is 16.0 Å². The van der Waals surface area contributed by atoms with Gasteiger partial charge in [0.25, 0.3) is 0 Å². The van der Waals surface area contributed by atoms with E-state index in [9.17, 15) is 24.3 Å². The maximum Gasteiger partial charge on any atom is 0.326 e. The molecular weight excluding hydrogens is 400 g/mol. The van der Waals surface area contributed by atoms with E-state index in [1.807, 2.05) is 27.7 Å². The van der Waals surface area contributed by atoms with Crippen molar-refractivity contribution in [3.63, 3.8) is 0 Å². The zero-order chi connectivity index (χ0) is 24.5. The Hall–Kier alpha value is -2.16. The minimum absolute atomic E-state index is 0.0426. The van der Waals surface area contributed by atoms with Gasteiger partial charge in [0.1, 0.15) is 18.1 Å². The van der Waals surface area contributed by atoms with Crippen molar-refractivity contribution in [2.75, 3.05) is 0 Å². The molecule has 0 aliphatic carbocycles. The Bertz CT molecular complexity index is 621. The van der Waals surface area contributed by atoms with E-state index in [2.05, 4.69) is 16.0 Å². The third-order valence-corrected chi connectivity index (χ3v) is 5.38. The lowest BCUT2D eigenvalue weighted by atomic mass is 9.96. The number of nitrogens with two attached hydrogens (primary N) is 1. The molecule has 0 bridgehead atoms. The molecule has 0 aliphatic rings. The van der Waals surface area contributed by atoms with E-state index in [0.717, 1.165) is 6.42 Å². The van der Waals surface area contributed by atoms with Crippen molar-refractivity contribution in [2.45, 2.75) is 92.4 Å². The molecule has 0 saturated carbocycles. The highest BCUT2D eigenvalue weighted by Crippen LogP contribution is 2.11. The maximum atomic E-state index is 12.9. The first kappa shape index (κ1) is 28.8. The lowest BCUT2D eigenvalue weighted by Crippen LogP contribution is -2.60. The molecule has 31 heavy (non-hydrogen) atoms. The van der Waals surface area contributed by atoms with Crippen LogP contribution < -0.4 is 21.7 Å². The molecule has 0 heterocycles. The van der Waals surface area contributed by atoms with E-state index >= 15 is 0 Å². The Morgan fingerprint density at radius 3 is 1.55 bits per heavy atom. The number of amides is 3. The van der Waals surface area contributed by atoms with Gasteiger partial charge in [-0.2, -0.15) is 0 Å². The van der Waals surface area contributed by atoms with Crippen LogP contribution in [-0.4, -0.2) is 53.0 Å². The summed E-state index contributed by atoms with van der Waals surface area (Å²) in [6.07, 6.45) is 1.00. The summed E-state index contributed by atoms with van der Waals surface area (Å²) in [6.45, 7) is 14.6. The highest BCUT2D eigenvalue weighted by Gasteiger charge is 2.33. The lowest BCUT2D eigenvalue weighted by Gasteiger charge is -2.29. The molecule has 0 aromatic rings. The fraction of sp³-hybridized carbons (Fsp3) is 0.818. The summed E-state index contributed by atoms with van der Waals surface area (Å²) in [5.74, 6) is -3.12. The zero-order valence-corrected chi connectivity index (χ0v) is 20.2. The minimum atomic E-state index is -1.12. The Balaban J connectivity index is 5.38. The standard InChI is InChI=1S/C22H42N4O5/c1-9-14(8)16(23)19(27)25-18(13(6)7)21(29)26-17(12(4)5)20(28)24-15(22(30)31)10-11(2)3/h11-18H,9-10,23H2,1-8H3,(H,24,28)(H,25,27)(H,26,29)(H,30,31). The second kappa shape index (κ2) is 13.3. The molecule has 0 fully saturated rings. The van der Waals surface area contributed by atoms with Crippen molar-refractivity contribution in [3.05, 3.63) is 0 Å². The van der Waals surface area contributed by atoms with Crippen LogP contribution >= 0.6 is 0 Å². The van der Waals surface area contributed by atoms with Gasteiger partial charge in [0.05, 0.1) is 6.04 Å².